The Morgan fingerprint density at radius 1 is 1.05 bits per heavy atom. The SMILES string of the molecule is Cc1ccc(C)c(OS(=O)(=O)c2ccccc2F)c1. The molecule has 0 aliphatic rings. The summed E-state index contributed by atoms with van der Waals surface area (Å²) in [7, 11) is -4.16. The number of aryl methyl sites for hydroxylation is 2. The van der Waals surface area contributed by atoms with Gasteiger partial charge in [0.05, 0.1) is 0 Å². The zero-order chi connectivity index (χ0) is 14.0. The molecule has 0 heterocycles. The van der Waals surface area contributed by atoms with E-state index in [1.54, 1.807) is 19.1 Å². The molecule has 0 fully saturated rings. The summed E-state index contributed by atoms with van der Waals surface area (Å²) in [5, 5.41) is 0. The van der Waals surface area contributed by atoms with E-state index < -0.39 is 20.8 Å². The van der Waals surface area contributed by atoms with Gasteiger partial charge in [-0.3, -0.25) is 0 Å². The van der Waals surface area contributed by atoms with Crippen molar-refractivity contribution in [3.63, 3.8) is 0 Å². The second-order valence-corrected chi connectivity index (χ2v) is 5.75. The van der Waals surface area contributed by atoms with Crippen LogP contribution in [0.25, 0.3) is 0 Å². The van der Waals surface area contributed by atoms with Gasteiger partial charge in [-0.15, -0.1) is 0 Å². The topological polar surface area (TPSA) is 43.4 Å². The summed E-state index contributed by atoms with van der Waals surface area (Å²) in [4.78, 5) is -0.462. The van der Waals surface area contributed by atoms with Crippen LogP contribution in [0.5, 0.6) is 5.75 Å². The van der Waals surface area contributed by atoms with Gasteiger partial charge in [0.15, 0.2) is 0 Å². The van der Waals surface area contributed by atoms with Crippen LogP contribution in [0.1, 0.15) is 11.1 Å². The van der Waals surface area contributed by atoms with Crippen LogP contribution < -0.4 is 4.18 Å². The summed E-state index contributed by atoms with van der Waals surface area (Å²) in [6.07, 6.45) is 0. The lowest BCUT2D eigenvalue weighted by Gasteiger charge is -2.10. The first kappa shape index (κ1) is 13.5. The minimum atomic E-state index is -4.16. The van der Waals surface area contributed by atoms with Crippen molar-refractivity contribution in [3.05, 3.63) is 59.4 Å². The van der Waals surface area contributed by atoms with Crippen LogP contribution in [0, 0.1) is 19.7 Å². The predicted molar refractivity (Wildman–Crippen MR) is 70.1 cm³/mol. The monoisotopic (exact) mass is 280 g/mol. The van der Waals surface area contributed by atoms with Gasteiger partial charge in [-0.05, 0) is 43.2 Å². The Morgan fingerprint density at radius 3 is 2.42 bits per heavy atom. The van der Waals surface area contributed by atoms with E-state index in [9.17, 15) is 12.8 Å². The number of hydrogen-bond donors (Lipinski definition) is 0. The lowest BCUT2D eigenvalue weighted by Crippen LogP contribution is -2.12. The minimum absolute atomic E-state index is 0.211. The zero-order valence-electron chi connectivity index (χ0n) is 10.6. The third kappa shape index (κ3) is 2.93. The zero-order valence-corrected chi connectivity index (χ0v) is 11.4. The van der Waals surface area contributed by atoms with E-state index in [2.05, 4.69) is 0 Å². The van der Waals surface area contributed by atoms with E-state index >= 15 is 0 Å². The second-order valence-electron chi connectivity index (χ2n) is 4.24. The maximum atomic E-state index is 13.5. The highest BCUT2D eigenvalue weighted by atomic mass is 32.2. The molecule has 0 unspecified atom stereocenters. The highest BCUT2D eigenvalue weighted by Gasteiger charge is 2.21. The fourth-order valence-corrected chi connectivity index (χ4v) is 2.67. The molecule has 5 heteroatoms. The van der Waals surface area contributed by atoms with Gasteiger partial charge in [0, 0.05) is 0 Å². The minimum Gasteiger partial charge on any atom is -0.379 e. The Bertz CT molecular complexity index is 708. The van der Waals surface area contributed by atoms with Crippen molar-refractivity contribution < 1.29 is 17.0 Å². The third-order valence-electron chi connectivity index (χ3n) is 2.65. The van der Waals surface area contributed by atoms with E-state index in [4.69, 9.17) is 4.18 Å². The molecule has 0 aliphatic heterocycles. The van der Waals surface area contributed by atoms with Crippen molar-refractivity contribution in [1.82, 2.24) is 0 Å². The van der Waals surface area contributed by atoms with Crippen molar-refractivity contribution in [2.24, 2.45) is 0 Å². The molecule has 0 radical (unpaired) electrons. The van der Waals surface area contributed by atoms with Gasteiger partial charge in [-0.1, -0.05) is 24.3 Å². The first-order chi connectivity index (χ1) is 8.90. The molecule has 0 atom stereocenters. The molecule has 100 valence electrons. The number of benzene rings is 2. The normalized spacial score (nSPS) is 11.3. The van der Waals surface area contributed by atoms with Gasteiger partial charge in [-0.25, -0.2) is 4.39 Å². The van der Waals surface area contributed by atoms with Crippen molar-refractivity contribution in [1.29, 1.82) is 0 Å². The van der Waals surface area contributed by atoms with Gasteiger partial charge in [0.1, 0.15) is 16.5 Å². The van der Waals surface area contributed by atoms with Crippen molar-refractivity contribution in [3.8, 4) is 5.75 Å². The molecule has 3 nitrogen and oxygen atoms in total. The fourth-order valence-electron chi connectivity index (χ4n) is 1.61. The molecule has 2 aromatic rings. The Hall–Kier alpha value is -1.88. The van der Waals surface area contributed by atoms with Gasteiger partial charge < -0.3 is 4.18 Å². The number of hydrogen-bond acceptors (Lipinski definition) is 3. The summed E-state index contributed by atoms with van der Waals surface area (Å²) in [5.41, 5.74) is 1.54. The van der Waals surface area contributed by atoms with Crippen LogP contribution in [0.3, 0.4) is 0 Å². The van der Waals surface area contributed by atoms with Gasteiger partial charge in [0.25, 0.3) is 0 Å². The Kier molecular flexibility index (Phi) is 3.57. The first-order valence-corrected chi connectivity index (χ1v) is 7.07. The average Bonchev–Trinajstić information content (AvgIpc) is 2.34. The smallest absolute Gasteiger partial charge is 0.342 e. The van der Waals surface area contributed by atoms with Crippen LogP contribution in [0.15, 0.2) is 47.4 Å². The molecule has 0 aliphatic carbocycles. The van der Waals surface area contributed by atoms with Gasteiger partial charge in [-0.2, -0.15) is 8.42 Å². The molecule has 0 saturated heterocycles. The summed E-state index contributed by atoms with van der Waals surface area (Å²) >= 11 is 0. The summed E-state index contributed by atoms with van der Waals surface area (Å²) in [5.74, 6) is -0.615. The maximum absolute atomic E-state index is 13.5. The molecule has 2 aromatic carbocycles. The molecule has 0 bridgehead atoms. The molecule has 0 saturated carbocycles. The average molecular weight is 280 g/mol. The summed E-state index contributed by atoms with van der Waals surface area (Å²) in [6, 6.07) is 10.3. The Balaban J connectivity index is 2.43. The molecule has 2 rings (SSSR count). The molecule has 0 aromatic heterocycles. The molecular weight excluding hydrogens is 267 g/mol. The van der Waals surface area contributed by atoms with Crippen LogP contribution in [-0.4, -0.2) is 8.42 Å². The lowest BCUT2D eigenvalue weighted by molar-refractivity contribution is 0.474. The van der Waals surface area contributed by atoms with Crippen molar-refractivity contribution in [2.75, 3.05) is 0 Å². The standard InChI is InChI=1S/C14H13FO3S/c1-10-7-8-11(2)13(9-10)18-19(16,17)14-6-4-3-5-12(14)15/h3-9H,1-2H3. The molecule has 19 heavy (non-hydrogen) atoms. The van der Waals surface area contributed by atoms with E-state index in [0.29, 0.717) is 5.56 Å². The van der Waals surface area contributed by atoms with E-state index in [0.717, 1.165) is 11.6 Å². The van der Waals surface area contributed by atoms with E-state index in [-0.39, 0.29) is 5.75 Å². The third-order valence-corrected chi connectivity index (χ3v) is 3.92. The maximum Gasteiger partial charge on any atom is 0.342 e. The van der Waals surface area contributed by atoms with Crippen molar-refractivity contribution >= 4 is 10.1 Å². The highest BCUT2D eigenvalue weighted by Crippen LogP contribution is 2.24. The van der Waals surface area contributed by atoms with Crippen LogP contribution in [-0.2, 0) is 10.1 Å². The van der Waals surface area contributed by atoms with Gasteiger partial charge >= 0.3 is 10.1 Å². The van der Waals surface area contributed by atoms with Gasteiger partial charge in [0.2, 0.25) is 0 Å². The molecule has 0 amide bonds. The molecule has 0 spiro atoms. The molecule has 0 N–H and O–H groups in total. The van der Waals surface area contributed by atoms with E-state index in [1.807, 2.05) is 13.0 Å². The lowest BCUT2D eigenvalue weighted by atomic mass is 10.1. The Labute approximate surface area is 111 Å². The number of halogens is 1. The summed E-state index contributed by atoms with van der Waals surface area (Å²) in [6.45, 7) is 3.55. The molecular formula is C14H13FO3S. The number of rotatable bonds is 3. The first-order valence-electron chi connectivity index (χ1n) is 5.66. The van der Waals surface area contributed by atoms with E-state index in [1.165, 1.54) is 18.2 Å². The largest absolute Gasteiger partial charge is 0.379 e. The van der Waals surface area contributed by atoms with Crippen LogP contribution in [0.4, 0.5) is 4.39 Å². The quantitative estimate of drug-likeness (QED) is 0.811. The highest BCUT2D eigenvalue weighted by molar-refractivity contribution is 7.87. The fraction of sp³-hybridized carbons (Fsp3) is 0.143. The van der Waals surface area contributed by atoms with Crippen LogP contribution in [0.2, 0.25) is 0 Å². The van der Waals surface area contributed by atoms with Crippen molar-refractivity contribution in [2.45, 2.75) is 18.7 Å². The second kappa shape index (κ2) is 5.01. The van der Waals surface area contributed by atoms with Crippen LogP contribution >= 0.6 is 0 Å². The summed E-state index contributed by atoms with van der Waals surface area (Å²) < 4.78 is 42.6. The Morgan fingerprint density at radius 2 is 1.74 bits per heavy atom. The predicted octanol–water partition coefficient (Wildman–Crippen LogP) is 3.21.